The minimum atomic E-state index is -0.358. The fraction of sp³-hybridized carbons (Fsp3) is 0.133. The van der Waals surface area contributed by atoms with E-state index in [0.29, 0.717) is 24.1 Å². The van der Waals surface area contributed by atoms with E-state index in [1.807, 2.05) is 24.3 Å². The zero-order chi connectivity index (χ0) is 14.1. The maximum atomic E-state index is 13.3. The number of benzene rings is 2. The van der Waals surface area contributed by atoms with Crippen molar-refractivity contribution in [3.63, 3.8) is 0 Å². The van der Waals surface area contributed by atoms with Crippen LogP contribution in [0, 0.1) is 5.82 Å². The van der Waals surface area contributed by atoms with Gasteiger partial charge in [-0.25, -0.2) is 9.18 Å². The number of hydrogen-bond donors (Lipinski definition) is 2. The quantitative estimate of drug-likeness (QED) is 0.765. The highest BCUT2D eigenvalue weighted by Gasteiger charge is 2.08. The smallest absolute Gasteiger partial charge is 0.326 e. The largest absolute Gasteiger partial charge is 0.326 e. The molecule has 0 unspecified atom stereocenters. The Hall–Kier alpha value is -2.40. The predicted molar refractivity (Wildman–Crippen MR) is 76.0 cm³/mol. The van der Waals surface area contributed by atoms with Crippen molar-refractivity contribution in [2.24, 2.45) is 5.73 Å². The number of halogens is 1. The van der Waals surface area contributed by atoms with Gasteiger partial charge in [-0.3, -0.25) is 4.57 Å². The number of hydrogen-bond acceptors (Lipinski definition) is 2. The summed E-state index contributed by atoms with van der Waals surface area (Å²) in [6, 6.07) is 12.0. The Labute approximate surface area is 114 Å². The molecule has 1 aromatic heterocycles. The minimum absolute atomic E-state index is 0.242. The first-order chi connectivity index (χ1) is 9.67. The van der Waals surface area contributed by atoms with Gasteiger partial charge in [0, 0.05) is 6.54 Å². The molecule has 20 heavy (non-hydrogen) atoms. The van der Waals surface area contributed by atoms with Crippen LogP contribution in [-0.2, 0) is 13.1 Å². The molecule has 4 nitrogen and oxygen atoms in total. The van der Waals surface area contributed by atoms with E-state index in [-0.39, 0.29) is 11.5 Å². The molecule has 0 amide bonds. The lowest BCUT2D eigenvalue weighted by molar-refractivity contribution is 0.628. The molecular formula is C15H14FN3O. The third kappa shape index (κ3) is 2.23. The summed E-state index contributed by atoms with van der Waals surface area (Å²) >= 11 is 0. The highest BCUT2D eigenvalue weighted by Crippen LogP contribution is 2.14. The fourth-order valence-electron chi connectivity index (χ4n) is 2.25. The molecule has 102 valence electrons. The Balaban J connectivity index is 2.03. The number of H-pyrrole nitrogens is 1. The molecule has 0 saturated carbocycles. The second-order valence-electron chi connectivity index (χ2n) is 4.70. The highest BCUT2D eigenvalue weighted by atomic mass is 19.1. The number of fused-ring (bicyclic) bond motifs is 1. The first-order valence-electron chi connectivity index (χ1n) is 6.33. The van der Waals surface area contributed by atoms with Crippen LogP contribution in [0.25, 0.3) is 11.0 Å². The summed E-state index contributed by atoms with van der Waals surface area (Å²) in [4.78, 5) is 14.7. The van der Waals surface area contributed by atoms with Crippen molar-refractivity contribution >= 4 is 11.0 Å². The van der Waals surface area contributed by atoms with Crippen LogP contribution in [0.15, 0.2) is 47.3 Å². The zero-order valence-electron chi connectivity index (χ0n) is 10.8. The Kier molecular flexibility index (Phi) is 3.12. The standard InChI is InChI=1S/C15H14FN3O/c16-12-5-6-13-14(7-12)19(15(20)18-13)9-11-3-1-10(8-17)2-4-11/h1-7H,8-9,17H2,(H,18,20). The molecular weight excluding hydrogens is 257 g/mol. The lowest BCUT2D eigenvalue weighted by atomic mass is 10.1. The van der Waals surface area contributed by atoms with E-state index >= 15 is 0 Å². The fourth-order valence-corrected chi connectivity index (χ4v) is 2.25. The normalized spacial score (nSPS) is 11.1. The van der Waals surface area contributed by atoms with Gasteiger partial charge in [-0.05, 0) is 29.3 Å². The zero-order valence-corrected chi connectivity index (χ0v) is 10.8. The Morgan fingerprint density at radius 1 is 1.10 bits per heavy atom. The van der Waals surface area contributed by atoms with Gasteiger partial charge in [0.05, 0.1) is 17.6 Å². The Morgan fingerprint density at radius 2 is 1.80 bits per heavy atom. The van der Waals surface area contributed by atoms with E-state index in [1.165, 1.54) is 16.7 Å². The number of aromatic nitrogens is 2. The van der Waals surface area contributed by atoms with E-state index in [1.54, 1.807) is 6.07 Å². The van der Waals surface area contributed by atoms with Crippen molar-refractivity contribution in [3.8, 4) is 0 Å². The number of nitrogens with zero attached hydrogens (tertiary/aromatic N) is 1. The molecule has 3 aromatic rings. The molecule has 3 rings (SSSR count). The summed E-state index contributed by atoms with van der Waals surface area (Å²) in [7, 11) is 0. The molecule has 2 aromatic carbocycles. The Bertz CT molecular complexity index is 802. The van der Waals surface area contributed by atoms with Gasteiger partial charge >= 0.3 is 5.69 Å². The number of aromatic amines is 1. The second-order valence-corrected chi connectivity index (χ2v) is 4.70. The van der Waals surface area contributed by atoms with Gasteiger partial charge in [0.1, 0.15) is 5.82 Å². The molecule has 3 N–H and O–H groups in total. The summed E-state index contributed by atoms with van der Waals surface area (Å²) in [5, 5.41) is 0. The highest BCUT2D eigenvalue weighted by molar-refractivity contribution is 5.75. The van der Waals surface area contributed by atoms with E-state index in [9.17, 15) is 9.18 Å². The van der Waals surface area contributed by atoms with Crippen molar-refractivity contribution in [1.29, 1.82) is 0 Å². The average Bonchev–Trinajstić information content (AvgIpc) is 2.76. The van der Waals surface area contributed by atoms with Crippen LogP contribution in [-0.4, -0.2) is 9.55 Å². The van der Waals surface area contributed by atoms with Gasteiger partial charge in [0.25, 0.3) is 0 Å². The molecule has 0 aliphatic rings. The van der Waals surface area contributed by atoms with E-state index in [2.05, 4.69) is 4.98 Å². The van der Waals surface area contributed by atoms with Crippen molar-refractivity contribution < 1.29 is 4.39 Å². The van der Waals surface area contributed by atoms with Crippen molar-refractivity contribution in [2.75, 3.05) is 0 Å². The maximum absolute atomic E-state index is 13.3. The topological polar surface area (TPSA) is 63.8 Å². The number of imidazole rings is 1. The molecule has 0 radical (unpaired) electrons. The first-order valence-corrected chi connectivity index (χ1v) is 6.33. The lowest BCUT2D eigenvalue weighted by Crippen LogP contribution is -2.17. The molecule has 0 fully saturated rings. The summed E-state index contributed by atoms with van der Waals surface area (Å²) in [6.45, 7) is 0.881. The molecule has 0 aliphatic heterocycles. The molecule has 1 heterocycles. The van der Waals surface area contributed by atoms with Crippen LogP contribution in [0.1, 0.15) is 11.1 Å². The van der Waals surface area contributed by atoms with Gasteiger partial charge < -0.3 is 10.7 Å². The summed E-state index contributed by atoms with van der Waals surface area (Å²) in [5.41, 5.74) is 8.51. The number of rotatable bonds is 3. The predicted octanol–water partition coefficient (Wildman–Crippen LogP) is 1.98. The van der Waals surface area contributed by atoms with Gasteiger partial charge in [-0.15, -0.1) is 0 Å². The van der Waals surface area contributed by atoms with Gasteiger partial charge in [-0.1, -0.05) is 24.3 Å². The third-order valence-corrected chi connectivity index (χ3v) is 3.34. The van der Waals surface area contributed by atoms with E-state index in [0.717, 1.165) is 11.1 Å². The third-order valence-electron chi connectivity index (χ3n) is 3.34. The summed E-state index contributed by atoms with van der Waals surface area (Å²) in [5.74, 6) is -0.358. The maximum Gasteiger partial charge on any atom is 0.326 e. The number of nitrogens with one attached hydrogen (secondary N) is 1. The van der Waals surface area contributed by atoms with Crippen molar-refractivity contribution in [1.82, 2.24) is 9.55 Å². The van der Waals surface area contributed by atoms with Crippen LogP contribution >= 0.6 is 0 Å². The average molecular weight is 271 g/mol. The van der Waals surface area contributed by atoms with E-state index < -0.39 is 0 Å². The van der Waals surface area contributed by atoms with Gasteiger partial charge in [0.15, 0.2) is 0 Å². The molecule has 0 bridgehead atoms. The molecule has 0 saturated heterocycles. The molecule has 0 aliphatic carbocycles. The van der Waals surface area contributed by atoms with Crippen molar-refractivity contribution in [2.45, 2.75) is 13.1 Å². The number of nitrogens with two attached hydrogens (primary N) is 1. The van der Waals surface area contributed by atoms with Gasteiger partial charge in [0.2, 0.25) is 0 Å². The van der Waals surface area contributed by atoms with Crippen LogP contribution < -0.4 is 11.4 Å². The SMILES string of the molecule is NCc1ccc(Cn2c(=O)[nH]c3ccc(F)cc32)cc1. The van der Waals surface area contributed by atoms with Crippen LogP contribution in [0.5, 0.6) is 0 Å². The first kappa shape index (κ1) is 12.6. The van der Waals surface area contributed by atoms with Gasteiger partial charge in [-0.2, -0.15) is 0 Å². The van der Waals surface area contributed by atoms with Crippen LogP contribution in [0.4, 0.5) is 4.39 Å². The second kappa shape index (κ2) is 4.94. The van der Waals surface area contributed by atoms with Crippen LogP contribution in [0.3, 0.4) is 0 Å². The summed E-state index contributed by atoms with van der Waals surface area (Å²) in [6.07, 6.45) is 0. The monoisotopic (exact) mass is 271 g/mol. The van der Waals surface area contributed by atoms with Crippen LogP contribution in [0.2, 0.25) is 0 Å². The van der Waals surface area contributed by atoms with E-state index in [4.69, 9.17) is 5.73 Å². The lowest BCUT2D eigenvalue weighted by Gasteiger charge is -2.05. The summed E-state index contributed by atoms with van der Waals surface area (Å²) < 4.78 is 14.8. The van der Waals surface area contributed by atoms with Crippen molar-refractivity contribution in [3.05, 3.63) is 69.9 Å². The Morgan fingerprint density at radius 3 is 2.50 bits per heavy atom. The molecule has 0 atom stereocenters. The molecule has 5 heteroatoms. The minimum Gasteiger partial charge on any atom is -0.326 e. The molecule has 0 spiro atoms.